The Kier molecular flexibility index (Phi) is 3.99. The van der Waals surface area contributed by atoms with Crippen molar-refractivity contribution in [1.82, 2.24) is 9.97 Å². The molecule has 0 unspecified atom stereocenters. The molecule has 0 bridgehead atoms. The summed E-state index contributed by atoms with van der Waals surface area (Å²) in [6, 6.07) is 0. The second-order valence-corrected chi connectivity index (χ2v) is 4.80. The van der Waals surface area contributed by atoms with E-state index in [1.807, 2.05) is 6.20 Å². The maximum absolute atomic E-state index is 5.75. The van der Waals surface area contributed by atoms with Gasteiger partial charge in [-0.1, -0.05) is 12.8 Å². The zero-order chi connectivity index (χ0) is 11.4. The van der Waals surface area contributed by atoms with E-state index >= 15 is 0 Å². The summed E-state index contributed by atoms with van der Waals surface area (Å²) in [6.07, 6.45) is 9.00. The number of hydrogen-bond acceptors (Lipinski definition) is 3. The Balaban J connectivity index is 1.98. The number of anilines is 1. The number of rotatable bonds is 4. The molecule has 0 atom stereocenters. The van der Waals surface area contributed by atoms with Crippen molar-refractivity contribution in [2.75, 3.05) is 18.5 Å². The van der Waals surface area contributed by atoms with Gasteiger partial charge in [-0.25, -0.2) is 4.98 Å². The third kappa shape index (κ3) is 2.85. The number of nitrogens with zero attached hydrogens (tertiary/aromatic N) is 3. The molecule has 0 aliphatic heterocycles. The van der Waals surface area contributed by atoms with Gasteiger partial charge in [0.05, 0.1) is 17.8 Å². The van der Waals surface area contributed by atoms with Crippen LogP contribution in [0.5, 0.6) is 0 Å². The maximum atomic E-state index is 5.75. The first kappa shape index (κ1) is 11.6. The molecule has 88 valence electrons. The van der Waals surface area contributed by atoms with E-state index in [1.165, 1.54) is 25.7 Å². The summed E-state index contributed by atoms with van der Waals surface area (Å²) in [4.78, 5) is 10.8. The van der Waals surface area contributed by atoms with E-state index in [1.54, 1.807) is 6.20 Å². The summed E-state index contributed by atoms with van der Waals surface area (Å²) in [5.41, 5.74) is 0.845. The molecule has 1 saturated carbocycles. The van der Waals surface area contributed by atoms with Crippen LogP contribution >= 0.6 is 11.6 Å². The van der Waals surface area contributed by atoms with Gasteiger partial charge in [0.2, 0.25) is 0 Å². The third-order valence-corrected chi connectivity index (χ3v) is 3.48. The Hall–Kier alpha value is -0.830. The van der Waals surface area contributed by atoms with Gasteiger partial charge < -0.3 is 4.90 Å². The Labute approximate surface area is 102 Å². The fraction of sp³-hybridized carbons (Fsp3) is 0.667. The van der Waals surface area contributed by atoms with Crippen molar-refractivity contribution in [3.05, 3.63) is 18.1 Å². The lowest BCUT2D eigenvalue weighted by Crippen LogP contribution is -2.25. The summed E-state index contributed by atoms with van der Waals surface area (Å²) < 4.78 is 0. The van der Waals surface area contributed by atoms with Gasteiger partial charge in [-0.2, -0.15) is 0 Å². The lowest BCUT2D eigenvalue weighted by Gasteiger charge is -2.21. The van der Waals surface area contributed by atoms with Gasteiger partial charge in [0.1, 0.15) is 5.82 Å². The van der Waals surface area contributed by atoms with Gasteiger partial charge in [-0.05, 0) is 18.8 Å². The second-order valence-electron chi connectivity index (χ2n) is 4.53. The molecular formula is C12H18ClN3. The van der Waals surface area contributed by atoms with Crippen LogP contribution in [0, 0.1) is 5.92 Å². The molecule has 1 aliphatic carbocycles. The summed E-state index contributed by atoms with van der Waals surface area (Å²) in [6.45, 7) is 1.08. The van der Waals surface area contributed by atoms with Gasteiger partial charge in [0.15, 0.2) is 0 Å². The molecule has 0 radical (unpaired) electrons. The standard InChI is InChI=1S/C12H18ClN3/c1-16(9-10-4-2-3-5-10)12-8-14-7-11(6-13)15-12/h7-8,10H,2-6,9H2,1H3. The van der Waals surface area contributed by atoms with Crippen LogP contribution in [-0.2, 0) is 5.88 Å². The van der Waals surface area contributed by atoms with E-state index in [0.717, 1.165) is 24.0 Å². The molecule has 0 spiro atoms. The summed E-state index contributed by atoms with van der Waals surface area (Å²) in [7, 11) is 2.08. The van der Waals surface area contributed by atoms with Crippen molar-refractivity contribution in [2.45, 2.75) is 31.6 Å². The summed E-state index contributed by atoms with van der Waals surface area (Å²) >= 11 is 5.75. The number of hydrogen-bond donors (Lipinski definition) is 0. The summed E-state index contributed by atoms with van der Waals surface area (Å²) in [5.74, 6) is 2.19. The molecule has 0 amide bonds. The molecule has 3 nitrogen and oxygen atoms in total. The van der Waals surface area contributed by atoms with Gasteiger partial charge in [0, 0.05) is 19.8 Å². The van der Waals surface area contributed by atoms with Crippen molar-refractivity contribution < 1.29 is 0 Å². The van der Waals surface area contributed by atoms with Crippen molar-refractivity contribution >= 4 is 17.4 Å². The van der Waals surface area contributed by atoms with Gasteiger partial charge in [0.25, 0.3) is 0 Å². The molecule has 1 aliphatic rings. The molecular weight excluding hydrogens is 222 g/mol. The monoisotopic (exact) mass is 239 g/mol. The highest BCUT2D eigenvalue weighted by Gasteiger charge is 2.17. The van der Waals surface area contributed by atoms with E-state index in [0.29, 0.717) is 5.88 Å². The van der Waals surface area contributed by atoms with Crippen LogP contribution in [0.25, 0.3) is 0 Å². The van der Waals surface area contributed by atoms with Gasteiger partial charge in [-0.3, -0.25) is 4.98 Å². The van der Waals surface area contributed by atoms with E-state index in [2.05, 4.69) is 21.9 Å². The van der Waals surface area contributed by atoms with Crippen molar-refractivity contribution in [3.8, 4) is 0 Å². The molecule has 1 aromatic rings. The minimum absolute atomic E-state index is 0.429. The fourth-order valence-electron chi connectivity index (χ4n) is 2.32. The van der Waals surface area contributed by atoms with Crippen LogP contribution in [0.2, 0.25) is 0 Å². The molecule has 1 heterocycles. The molecule has 1 aromatic heterocycles. The van der Waals surface area contributed by atoms with Crippen molar-refractivity contribution in [1.29, 1.82) is 0 Å². The minimum atomic E-state index is 0.429. The van der Waals surface area contributed by atoms with Gasteiger partial charge >= 0.3 is 0 Å². The molecule has 0 aromatic carbocycles. The number of alkyl halides is 1. The molecule has 1 fully saturated rings. The fourth-order valence-corrected chi connectivity index (χ4v) is 2.45. The first-order chi connectivity index (χ1) is 7.79. The van der Waals surface area contributed by atoms with Crippen LogP contribution in [-0.4, -0.2) is 23.6 Å². The van der Waals surface area contributed by atoms with Crippen molar-refractivity contribution in [2.24, 2.45) is 5.92 Å². The molecule has 0 N–H and O–H groups in total. The van der Waals surface area contributed by atoms with E-state index in [-0.39, 0.29) is 0 Å². The second kappa shape index (κ2) is 5.48. The lowest BCUT2D eigenvalue weighted by atomic mass is 10.1. The Morgan fingerprint density at radius 1 is 1.38 bits per heavy atom. The zero-order valence-corrected chi connectivity index (χ0v) is 10.5. The quantitative estimate of drug-likeness (QED) is 0.757. The minimum Gasteiger partial charge on any atom is -0.358 e. The first-order valence-corrected chi connectivity index (χ1v) is 6.41. The lowest BCUT2D eigenvalue weighted by molar-refractivity contribution is 0.544. The van der Waals surface area contributed by atoms with Gasteiger partial charge in [-0.15, -0.1) is 11.6 Å². The molecule has 4 heteroatoms. The molecule has 0 saturated heterocycles. The van der Waals surface area contributed by atoms with Crippen LogP contribution in [0.15, 0.2) is 12.4 Å². The first-order valence-electron chi connectivity index (χ1n) is 5.87. The smallest absolute Gasteiger partial charge is 0.147 e. The number of aromatic nitrogens is 2. The van der Waals surface area contributed by atoms with Crippen LogP contribution < -0.4 is 4.90 Å². The predicted octanol–water partition coefficient (Wildman–Crippen LogP) is 2.84. The molecule has 2 rings (SSSR count). The Bertz CT molecular complexity index is 337. The predicted molar refractivity (Wildman–Crippen MR) is 66.8 cm³/mol. The third-order valence-electron chi connectivity index (χ3n) is 3.21. The number of halogens is 1. The largest absolute Gasteiger partial charge is 0.358 e. The Morgan fingerprint density at radius 2 is 2.12 bits per heavy atom. The highest BCUT2D eigenvalue weighted by Crippen LogP contribution is 2.26. The highest BCUT2D eigenvalue weighted by molar-refractivity contribution is 6.16. The van der Waals surface area contributed by atoms with Crippen LogP contribution in [0.3, 0.4) is 0 Å². The van der Waals surface area contributed by atoms with Crippen LogP contribution in [0.4, 0.5) is 5.82 Å². The van der Waals surface area contributed by atoms with Crippen LogP contribution in [0.1, 0.15) is 31.4 Å². The maximum Gasteiger partial charge on any atom is 0.147 e. The van der Waals surface area contributed by atoms with Crippen molar-refractivity contribution in [3.63, 3.8) is 0 Å². The molecule has 16 heavy (non-hydrogen) atoms. The highest BCUT2D eigenvalue weighted by atomic mass is 35.5. The Morgan fingerprint density at radius 3 is 2.81 bits per heavy atom. The topological polar surface area (TPSA) is 29.0 Å². The van der Waals surface area contributed by atoms with E-state index in [4.69, 9.17) is 11.6 Å². The normalized spacial score (nSPS) is 16.6. The zero-order valence-electron chi connectivity index (χ0n) is 9.69. The van der Waals surface area contributed by atoms with E-state index < -0.39 is 0 Å². The average Bonchev–Trinajstić information content (AvgIpc) is 2.82. The van der Waals surface area contributed by atoms with E-state index in [9.17, 15) is 0 Å². The SMILES string of the molecule is CN(CC1CCCC1)c1cncc(CCl)n1. The summed E-state index contributed by atoms with van der Waals surface area (Å²) in [5, 5.41) is 0. The average molecular weight is 240 g/mol.